The molecule has 2 aromatic carbocycles. The first-order valence-electron chi connectivity index (χ1n) is 44.2. The van der Waals surface area contributed by atoms with Crippen LogP contribution < -0.4 is 41.4 Å². The maximum absolute atomic E-state index is 11.6. The van der Waals surface area contributed by atoms with Crippen molar-refractivity contribution >= 4 is 72.4 Å². The average Bonchev–Trinajstić information content (AvgIpc) is 0.904. The molecular weight excluding hydrogens is 1710 g/mol. The van der Waals surface area contributed by atoms with Gasteiger partial charge in [0, 0.05) is 101 Å². The Balaban J connectivity index is -0.000000740. The maximum Gasteiger partial charge on any atom is 0.412 e. The van der Waals surface area contributed by atoms with E-state index in [4.69, 9.17) is 80.5 Å². The molecule has 0 aliphatic carbocycles. The lowest BCUT2D eigenvalue weighted by atomic mass is 10.1. The summed E-state index contributed by atoms with van der Waals surface area (Å²) in [5.74, 6) is 1.46. The van der Waals surface area contributed by atoms with E-state index in [1.54, 1.807) is 45.0 Å². The molecule has 0 heterocycles. The van der Waals surface area contributed by atoms with Crippen molar-refractivity contribution in [3.8, 4) is 11.5 Å². The fourth-order valence-electron chi connectivity index (χ4n) is 8.36. The molecule has 0 aromatic heterocycles. The number of hydrogen-bond donors (Lipinski definition) is 6. The molecule has 36 heteroatoms. The van der Waals surface area contributed by atoms with Gasteiger partial charge in [-0.2, -0.15) is 0 Å². The van der Waals surface area contributed by atoms with Crippen LogP contribution in [0.25, 0.3) is 0 Å². The van der Waals surface area contributed by atoms with Crippen molar-refractivity contribution in [1.82, 2.24) is 31.9 Å². The van der Waals surface area contributed by atoms with Gasteiger partial charge in [-0.1, -0.05) is 161 Å². The summed E-state index contributed by atoms with van der Waals surface area (Å²) in [6.45, 7) is 65.3. The molecular formula is C95H156N6O30. The van der Waals surface area contributed by atoms with Gasteiger partial charge in [-0.15, -0.1) is 0 Å². The first-order valence-corrected chi connectivity index (χ1v) is 44.2. The van der Waals surface area contributed by atoms with E-state index in [1.165, 1.54) is 0 Å². The molecule has 0 aliphatic rings. The normalized spacial score (nSPS) is 10.8. The second-order valence-electron chi connectivity index (χ2n) is 31.9. The average molecular weight is 1860 g/mol. The fraction of sp³-hybridized carbons (Fsp3) is 0.621. The van der Waals surface area contributed by atoms with Crippen LogP contribution in [0.2, 0.25) is 0 Å². The summed E-state index contributed by atoms with van der Waals surface area (Å²) >= 11 is 0. The molecule has 0 saturated heterocycles. The minimum absolute atomic E-state index is 0.0616. The van der Waals surface area contributed by atoms with E-state index >= 15 is 0 Å². The van der Waals surface area contributed by atoms with Crippen molar-refractivity contribution in [3.05, 3.63) is 134 Å². The third-order valence-corrected chi connectivity index (χ3v) is 15.1. The smallest absolute Gasteiger partial charge is 0.412 e. The fourth-order valence-corrected chi connectivity index (χ4v) is 8.36. The van der Waals surface area contributed by atoms with E-state index in [9.17, 15) is 57.5 Å². The number of nitrogens with one attached hydrogen (secondary N) is 6. The molecule has 0 bridgehead atoms. The molecule has 746 valence electrons. The Morgan fingerprint density at radius 2 is 0.504 bits per heavy atom. The quantitative estimate of drug-likeness (QED) is 0.0155. The van der Waals surface area contributed by atoms with Gasteiger partial charge in [0.1, 0.15) is 51.1 Å². The van der Waals surface area contributed by atoms with E-state index in [1.807, 2.05) is 38.1 Å². The van der Waals surface area contributed by atoms with Gasteiger partial charge in [-0.05, 0) is 142 Å². The number of ether oxygens (including phenoxy) is 18. The van der Waals surface area contributed by atoms with E-state index in [0.717, 1.165) is 94.3 Å². The van der Waals surface area contributed by atoms with Crippen LogP contribution in [0, 0.1) is 47.3 Å². The van der Waals surface area contributed by atoms with E-state index < -0.39 is 72.4 Å². The molecule has 2 unspecified atom stereocenters. The van der Waals surface area contributed by atoms with Gasteiger partial charge in [0.15, 0.2) is 0 Å². The molecule has 0 spiro atoms. The predicted molar refractivity (Wildman–Crippen MR) is 497 cm³/mol. The Morgan fingerprint density at radius 3 is 0.756 bits per heavy atom. The molecule has 6 N–H and O–H groups in total. The monoisotopic (exact) mass is 1860 g/mol. The van der Waals surface area contributed by atoms with Gasteiger partial charge in [0.2, 0.25) is 0 Å². The third-order valence-electron chi connectivity index (χ3n) is 15.1. The van der Waals surface area contributed by atoms with E-state index in [2.05, 4.69) is 159 Å². The first kappa shape index (κ1) is 126. The van der Waals surface area contributed by atoms with Crippen LogP contribution in [0.5, 0.6) is 11.5 Å². The number of rotatable bonds is 62. The highest BCUT2D eigenvalue weighted by atomic mass is 16.6. The molecule has 131 heavy (non-hydrogen) atoms. The van der Waals surface area contributed by atoms with Crippen LogP contribution in [0.4, 0.5) is 28.8 Å². The largest absolute Gasteiger partial charge is 0.461 e. The van der Waals surface area contributed by atoms with Gasteiger partial charge in [0.25, 0.3) is 0 Å². The number of amides is 6. The number of carbonyl (C=O) groups excluding carboxylic acids is 12. The second-order valence-corrected chi connectivity index (χ2v) is 31.9. The molecule has 36 nitrogen and oxygen atoms in total. The Kier molecular flexibility index (Phi) is 82.8. The van der Waals surface area contributed by atoms with Crippen molar-refractivity contribution < 1.29 is 143 Å². The van der Waals surface area contributed by atoms with Crippen LogP contribution in [-0.4, -0.2) is 244 Å². The van der Waals surface area contributed by atoms with Crippen molar-refractivity contribution in [1.29, 1.82) is 0 Å². The van der Waals surface area contributed by atoms with E-state index in [0.29, 0.717) is 143 Å². The minimum Gasteiger partial charge on any atom is -0.461 e. The van der Waals surface area contributed by atoms with Gasteiger partial charge in [0.05, 0.1) is 78.9 Å². The zero-order valence-electron chi connectivity index (χ0n) is 81.0. The van der Waals surface area contributed by atoms with Gasteiger partial charge in [-0.25, -0.2) is 57.5 Å². The minimum atomic E-state index is -0.608. The Hall–Kier alpha value is -10.9. The van der Waals surface area contributed by atoms with Crippen molar-refractivity contribution in [2.24, 2.45) is 47.3 Å². The summed E-state index contributed by atoms with van der Waals surface area (Å²) in [6.07, 6.45) is 4.86. The summed E-state index contributed by atoms with van der Waals surface area (Å²) in [6, 6.07) is 14.2. The number of unbranched alkanes of at least 4 members (excludes halogenated alkanes) is 2. The van der Waals surface area contributed by atoms with Crippen LogP contribution in [0.3, 0.4) is 0 Å². The zero-order chi connectivity index (χ0) is 99.4. The van der Waals surface area contributed by atoms with E-state index in [-0.39, 0.29) is 90.7 Å². The summed E-state index contributed by atoms with van der Waals surface area (Å²) < 4.78 is 91.7. The van der Waals surface area contributed by atoms with Gasteiger partial charge in [-0.3, -0.25) is 0 Å². The molecule has 6 amide bonds. The van der Waals surface area contributed by atoms with Crippen molar-refractivity contribution in [2.75, 3.05) is 171 Å². The Labute approximate surface area is 777 Å². The van der Waals surface area contributed by atoms with Gasteiger partial charge >= 0.3 is 72.4 Å². The molecule has 0 aliphatic heterocycles. The highest BCUT2D eigenvalue weighted by Crippen LogP contribution is 2.16. The second kappa shape index (κ2) is 85.8. The Bertz CT molecular complexity index is 3500. The molecule has 2 rings (SSSR count). The lowest BCUT2D eigenvalue weighted by Crippen LogP contribution is -2.30. The summed E-state index contributed by atoms with van der Waals surface area (Å²) in [5.41, 5.74) is 2.99. The van der Waals surface area contributed by atoms with Crippen LogP contribution in [-0.2, 0) is 118 Å². The number of hydrogen-bond acceptors (Lipinski definition) is 30. The lowest BCUT2D eigenvalue weighted by molar-refractivity contribution is -0.139. The molecule has 0 radical (unpaired) electrons. The summed E-state index contributed by atoms with van der Waals surface area (Å²) in [7, 11) is 0. The van der Waals surface area contributed by atoms with Gasteiger partial charge < -0.3 is 117 Å². The van der Waals surface area contributed by atoms with Crippen LogP contribution >= 0.6 is 0 Å². The molecule has 0 fully saturated rings. The highest BCUT2D eigenvalue weighted by molar-refractivity contribution is 5.88. The van der Waals surface area contributed by atoms with Crippen molar-refractivity contribution in [3.63, 3.8) is 0 Å². The lowest BCUT2D eigenvalue weighted by Gasteiger charge is -2.13. The number of carbonyl (C=O) groups is 12. The Morgan fingerprint density at radius 1 is 0.275 bits per heavy atom. The summed E-state index contributed by atoms with van der Waals surface area (Å²) in [5, 5.41) is 14.9. The first-order chi connectivity index (χ1) is 62.2. The van der Waals surface area contributed by atoms with Crippen LogP contribution in [0.1, 0.15) is 167 Å². The molecule has 0 saturated carbocycles. The highest BCUT2D eigenvalue weighted by Gasteiger charge is 2.15. The SMILES string of the molecule is C=C(C)C(=O)OCCNC(=O)OCC(C)CCOCC(C)C.C=C(C)C(=O)OCCNC(=O)OCCCCOCC(C)C.C=C(C)C(=O)OCCNC(=O)Oc1ccc(COCC(C)C)cc1.C=CC(=O)OCCNC(=O)OCC(C)CCOCC(C)C.C=CC(=O)OCCNC(=O)OCCCCOCC(C)C.C=CC(=O)OCCNC(=O)Oc1ccc(COCC(C)C)cc1. The number of benzene rings is 2. The van der Waals surface area contributed by atoms with Crippen LogP contribution in [0.15, 0.2) is 123 Å². The summed E-state index contributed by atoms with van der Waals surface area (Å²) in [4.78, 5) is 134. The predicted octanol–water partition coefficient (Wildman–Crippen LogP) is 14.6. The molecule has 2 atom stereocenters. The maximum atomic E-state index is 11.6. The topological polar surface area (TPSA) is 443 Å². The molecule has 2 aromatic rings. The van der Waals surface area contributed by atoms with Crippen molar-refractivity contribution in [2.45, 2.75) is 169 Å². The number of esters is 6. The third kappa shape index (κ3) is 92.2. The zero-order valence-corrected chi connectivity index (χ0v) is 81.0. The standard InChI is InChI=1S/C18H25NO5.C17H23NO5.C16H29NO5.2C15H27NO5.C14H25NO5/c1-13(2)11-22-12-15-5-7-16(8-6-15)24-18(21)19-9-10-23-17(20)14(3)4;1-4-16(19)22-10-9-18-17(20)23-15-7-5-14(6-8-15)12-21-11-13(2)3;1-12(2)10-20-8-6-14(5)11-22-16(19)17-7-9-21-15(18)13(3)4;1-12(2)11-19-8-5-6-9-21-15(18)16-7-10-20-14(17)13(3)4;1-5-14(17)20-9-7-16-15(18)21-11-13(4)6-8-19-10-12(2)3;1-4-13(16)19-10-7-15-14(17)20-9-6-5-8-18-11-12(2)3/h5-8,13H,3,9-12H2,1-2,4H3,(H,19,21);4-8,13H,1,9-12H2,2-3H3,(H,18,20);12,14H,3,6-11H2,1-2,4-5H3,(H,17,19);12H,3,5-11H2,1-2,4H3,(H,16,18);5,12-13H,1,6-11H2,2-4H3,(H,16,18);4,12H,1,5-11H2,2-3H3,(H,15,17). The number of alkyl carbamates (subject to hydrolysis) is 4.